The maximum absolute atomic E-state index is 11.7. The van der Waals surface area contributed by atoms with Gasteiger partial charge in [0.15, 0.2) is 0 Å². The fourth-order valence-corrected chi connectivity index (χ4v) is 0.966. The molecule has 14 heavy (non-hydrogen) atoms. The van der Waals surface area contributed by atoms with E-state index >= 15 is 0 Å². The first-order chi connectivity index (χ1) is 6.56. The first-order valence-electron chi connectivity index (χ1n) is 4.21. The Kier molecular flexibility index (Phi) is 2.87. The van der Waals surface area contributed by atoms with Crippen molar-refractivity contribution in [3.05, 3.63) is 18.2 Å². The number of hydrogen-bond acceptors (Lipinski definition) is 3. The Morgan fingerprint density at radius 1 is 1.79 bits per heavy atom. The SMILES string of the molecule is CC(C#N)N(C)C(=O)c1cn(C)cn1. The molecule has 0 aromatic carbocycles. The van der Waals surface area contributed by atoms with Gasteiger partial charge in [0, 0.05) is 20.3 Å². The zero-order valence-corrected chi connectivity index (χ0v) is 8.43. The van der Waals surface area contributed by atoms with Gasteiger partial charge in [0.1, 0.15) is 11.7 Å². The molecule has 0 radical (unpaired) electrons. The summed E-state index contributed by atoms with van der Waals surface area (Å²) < 4.78 is 1.69. The van der Waals surface area contributed by atoms with Gasteiger partial charge in [0.25, 0.3) is 5.91 Å². The van der Waals surface area contributed by atoms with Crippen molar-refractivity contribution in [2.24, 2.45) is 7.05 Å². The van der Waals surface area contributed by atoms with E-state index in [0.29, 0.717) is 5.69 Å². The zero-order valence-electron chi connectivity index (χ0n) is 8.43. The average Bonchev–Trinajstić information content (AvgIpc) is 2.61. The van der Waals surface area contributed by atoms with E-state index in [4.69, 9.17) is 5.26 Å². The summed E-state index contributed by atoms with van der Waals surface area (Å²) in [5, 5.41) is 8.64. The molecule has 0 fully saturated rings. The molecule has 0 saturated heterocycles. The third kappa shape index (κ3) is 1.91. The second kappa shape index (κ2) is 3.92. The number of aryl methyl sites for hydroxylation is 1. The first kappa shape index (κ1) is 10.3. The van der Waals surface area contributed by atoms with Crippen LogP contribution >= 0.6 is 0 Å². The van der Waals surface area contributed by atoms with E-state index in [1.165, 1.54) is 4.90 Å². The lowest BCUT2D eigenvalue weighted by molar-refractivity contribution is 0.0768. The quantitative estimate of drug-likeness (QED) is 0.681. The smallest absolute Gasteiger partial charge is 0.274 e. The van der Waals surface area contributed by atoms with Crippen molar-refractivity contribution in [2.45, 2.75) is 13.0 Å². The lowest BCUT2D eigenvalue weighted by atomic mass is 10.3. The molecule has 1 amide bonds. The Balaban J connectivity index is 2.81. The van der Waals surface area contributed by atoms with Crippen LogP contribution in [-0.2, 0) is 7.05 Å². The minimum absolute atomic E-state index is 0.236. The van der Waals surface area contributed by atoms with Crippen LogP contribution in [0.4, 0.5) is 0 Å². The number of carbonyl (C=O) groups is 1. The Bertz CT molecular complexity index is 376. The summed E-state index contributed by atoms with van der Waals surface area (Å²) in [5.74, 6) is -0.236. The van der Waals surface area contributed by atoms with Gasteiger partial charge in [-0.1, -0.05) is 0 Å². The van der Waals surface area contributed by atoms with Crippen molar-refractivity contribution in [3.8, 4) is 6.07 Å². The van der Waals surface area contributed by atoms with E-state index in [9.17, 15) is 4.79 Å². The number of nitrogens with zero attached hydrogens (tertiary/aromatic N) is 4. The van der Waals surface area contributed by atoms with Crippen molar-refractivity contribution in [1.82, 2.24) is 14.5 Å². The second-order valence-electron chi connectivity index (χ2n) is 3.15. The summed E-state index contributed by atoms with van der Waals surface area (Å²) in [6.07, 6.45) is 3.18. The molecule has 5 nitrogen and oxygen atoms in total. The number of nitriles is 1. The van der Waals surface area contributed by atoms with Gasteiger partial charge in [-0.25, -0.2) is 4.98 Å². The van der Waals surface area contributed by atoms with Gasteiger partial charge >= 0.3 is 0 Å². The fourth-order valence-electron chi connectivity index (χ4n) is 0.966. The topological polar surface area (TPSA) is 61.9 Å². The highest BCUT2D eigenvalue weighted by Gasteiger charge is 2.18. The molecule has 1 aromatic rings. The maximum Gasteiger partial charge on any atom is 0.274 e. The van der Waals surface area contributed by atoms with Crippen LogP contribution in [0.2, 0.25) is 0 Å². The van der Waals surface area contributed by atoms with Crippen LogP contribution < -0.4 is 0 Å². The molecular formula is C9H12N4O. The molecule has 1 atom stereocenters. The molecule has 0 aliphatic carbocycles. The minimum atomic E-state index is -0.440. The van der Waals surface area contributed by atoms with Crippen molar-refractivity contribution >= 4 is 5.91 Å². The third-order valence-corrected chi connectivity index (χ3v) is 2.01. The molecule has 5 heteroatoms. The van der Waals surface area contributed by atoms with Gasteiger partial charge in [-0.05, 0) is 6.92 Å². The number of carbonyl (C=O) groups excluding carboxylic acids is 1. The molecule has 0 spiro atoms. The Morgan fingerprint density at radius 2 is 2.43 bits per heavy atom. The number of amides is 1. The molecule has 1 aromatic heterocycles. The Labute approximate surface area is 82.6 Å². The third-order valence-electron chi connectivity index (χ3n) is 2.01. The van der Waals surface area contributed by atoms with Crippen molar-refractivity contribution < 1.29 is 4.79 Å². The van der Waals surface area contributed by atoms with E-state index in [2.05, 4.69) is 4.98 Å². The molecule has 1 heterocycles. The second-order valence-corrected chi connectivity index (χ2v) is 3.15. The maximum atomic E-state index is 11.7. The van der Waals surface area contributed by atoms with Crippen LogP contribution in [0.3, 0.4) is 0 Å². The van der Waals surface area contributed by atoms with Crippen LogP contribution in [0.15, 0.2) is 12.5 Å². The van der Waals surface area contributed by atoms with Crippen LogP contribution in [0.5, 0.6) is 0 Å². The van der Waals surface area contributed by atoms with Crippen LogP contribution in [0.25, 0.3) is 0 Å². The predicted molar refractivity (Wildman–Crippen MR) is 50.4 cm³/mol. The van der Waals surface area contributed by atoms with Gasteiger partial charge in [-0.2, -0.15) is 5.26 Å². The van der Waals surface area contributed by atoms with E-state index in [-0.39, 0.29) is 5.91 Å². The highest BCUT2D eigenvalue weighted by molar-refractivity contribution is 5.92. The lowest BCUT2D eigenvalue weighted by Crippen LogP contribution is -2.34. The molecule has 0 N–H and O–H groups in total. The van der Waals surface area contributed by atoms with Crippen LogP contribution in [0.1, 0.15) is 17.4 Å². The van der Waals surface area contributed by atoms with Gasteiger partial charge in [0.2, 0.25) is 0 Å². The summed E-state index contributed by atoms with van der Waals surface area (Å²) in [5.41, 5.74) is 0.358. The normalized spacial score (nSPS) is 11.9. The predicted octanol–water partition coefficient (Wildman–Crippen LogP) is 0.404. The summed E-state index contributed by atoms with van der Waals surface area (Å²) in [4.78, 5) is 16.9. The van der Waals surface area contributed by atoms with Gasteiger partial charge in [-0.3, -0.25) is 4.79 Å². The standard InChI is InChI=1S/C9H12N4O/c1-7(4-10)13(3)9(14)8-5-12(2)6-11-8/h5-7H,1-3H3. The van der Waals surface area contributed by atoms with Crippen molar-refractivity contribution in [1.29, 1.82) is 5.26 Å². The largest absolute Gasteiger partial charge is 0.340 e. The first-order valence-corrected chi connectivity index (χ1v) is 4.21. The number of aromatic nitrogens is 2. The molecule has 1 unspecified atom stereocenters. The van der Waals surface area contributed by atoms with E-state index in [1.54, 1.807) is 38.1 Å². The average molecular weight is 192 g/mol. The molecular weight excluding hydrogens is 180 g/mol. The van der Waals surface area contributed by atoms with E-state index in [1.807, 2.05) is 6.07 Å². The molecule has 0 saturated carbocycles. The fraction of sp³-hybridized carbons (Fsp3) is 0.444. The monoisotopic (exact) mass is 192 g/mol. The summed E-state index contributed by atoms with van der Waals surface area (Å²) in [7, 11) is 3.38. The zero-order chi connectivity index (χ0) is 10.7. The molecule has 0 aliphatic rings. The van der Waals surface area contributed by atoms with Gasteiger partial charge < -0.3 is 9.47 Å². The number of hydrogen-bond donors (Lipinski definition) is 0. The van der Waals surface area contributed by atoms with Crippen LogP contribution in [0, 0.1) is 11.3 Å². The minimum Gasteiger partial charge on any atom is -0.340 e. The molecule has 74 valence electrons. The highest BCUT2D eigenvalue weighted by Crippen LogP contribution is 2.03. The van der Waals surface area contributed by atoms with Gasteiger partial charge in [0.05, 0.1) is 12.4 Å². The Morgan fingerprint density at radius 3 is 2.86 bits per heavy atom. The van der Waals surface area contributed by atoms with Crippen molar-refractivity contribution in [3.63, 3.8) is 0 Å². The summed E-state index contributed by atoms with van der Waals surface area (Å²) in [6.45, 7) is 1.67. The number of imidazole rings is 1. The van der Waals surface area contributed by atoms with Crippen molar-refractivity contribution in [2.75, 3.05) is 7.05 Å². The molecule has 1 rings (SSSR count). The molecule has 0 aliphatic heterocycles. The highest BCUT2D eigenvalue weighted by atomic mass is 16.2. The summed E-state index contributed by atoms with van der Waals surface area (Å²) >= 11 is 0. The van der Waals surface area contributed by atoms with Gasteiger partial charge in [-0.15, -0.1) is 0 Å². The summed E-state index contributed by atoms with van der Waals surface area (Å²) in [6, 6.07) is 1.55. The molecule has 0 bridgehead atoms. The van der Waals surface area contributed by atoms with E-state index < -0.39 is 6.04 Å². The Hall–Kier alpha value is -1.83. The lowest BCUT2D eigenvalue weighted by Gasteiger charge is -2.17. The van der Waals surface area contributed by atoms with Crippen LogP contribution in [-0.4, -0.2) is 33.4 Å². The number of rotatable bonds is 2. The van der Waals surface area contributed by atoms with E-state index in [0.717, 1.165) is 0 Å².